The Morgan fingerprint density at radius 2 is 2.10 bits per heavy atom. The Kier molecular flexibility index (Phi) is 7.38. The number of aromatic nitrogens is 1. The zero-order valence-corrected chi connectivity index (χ0v) is 18.7. The van der Waals surface area contributed by atoms with Gasteiger partial charge in [-0.15, -0.1) is 0 Å². The monoisotopic (exact) mass is 496 g/mol. The summed E-state index contributed by atoms with van der Waals surface area (Å²) in [7, 11) is 0. The number of hydrogen-bond acceptors (Lipinski definition) is 7. The van der Waals surface area contributed by atoms with Crippen molar-refractivity contribution in [2.24, 2.45) is 0 Å². The Morgan fingerprint density at radius 3 is 2.77 bits per heavy atom. The molecule has 2 heterocycles. The van der Waals surface area contributed by atoms with Gasteiger partial charge in [-0.25, -0.2) is 0 Å². The summed E-state index contributed by atoms with van der Waals surface area (Å²) >= 11 is 7.39. The summed E-state index contributed by atoms with van der Waals surface area (Å²) in [4.78, 5) is 37.9. The van der Waals surface area contributed by atoms with Crippen LogP contribution < -0.4 is 15.4 Å². The summed E-state index contributed by atoms with van der Waals surface area (Å²) in [5.41, 5.74) is 0.966. The number of nitrogens with one attached hydrogen (secondary N) is 2. The lowest BCUT2D eigenvalue weighted by Crippen LogP contribution is -2.61. The van der Waals surface area contributed by atoms with Gasteiger partial charge in [0.05, 0.1) is 17.4 Å². The van der Waals surface area contributed by atoms with Crippen LogP contribution in [0.1, 0.15) is 22.7 Å². The molecule has 9 nitrogen and oxygen atoms in total. The van der Waals surface area contributed by atoms with E-state index in [0.717, 1.165) is 4.47 Å². The second kappa shape index (κ2) is 9.98. The number of amides is 3. The maximum Gasteiger partial charge on any atom is 0.294 e. The van der Waals surface area contributed by atoms with Gasteiger partial charge < -0.3 is 24.8 Å². The van der Waals surface area contributed by atoms with Crippen molar-refractivity contribution in [2.75, 3.05) is 30.8 Å². The third-order valence-corrected chi connectivity index (χ3v) is 5.04. The molecule has 160 valence electrons. The van der Waals surface area contributed by atoms with E-state index in [2.05, 4.69) is 44.3 Å². The van der Waals surface area contributed by atoms with E-state index in [-0.39, 0.29) is 30.2 Å². The van der Waals surface area contributed by atoms with Gasteiger partial charge in [0.25, 0.3) is 11.8 Å². The highest BCUT2D eigenvalue weighted by Gasteiger charge is 2.31. The quantitative estimate of drug-likeness (QED) is 0.481. The second-order valence-electron chi connectivity index (χ2n) is 6.75. The summed E-state index contributed by atoms with van der Waals surface area (Å²) in [6.45, 7) is 2.44. The molecule has 1 aliphatic rings. The van der Waals surface area contributed by atoms with Crippen molar-refractivity contribution in [3.63, 3.8) is 0 Å². The van der Waals surface area contributed by atoms with Crippen LogP contribution in [0.3, 0.4) is 0 Å². The lowest BCUT2D eigenvalue weighted by Gasteiger charge is -2.39. The van der Waals surface area contributed by atoms with Crippen molar-refractivity contribution < 1.29 is 23.6 Å². The second-order valence-corrected chi connectivity index (χ2v) is 8.12. The average Bonchev–Trinajstić information content (AvgIpc) is 3.10. The number of anilines is 1. The molecule has 1 aromatic carbocycles. The molecule has 0 saturated carbocycles. The van der Waals surface area contributed by atoms with E-state index in [1.54, 1.807) is 30.0 Å². The van der Waals surface area contributed by atoms with Crippen molar-refractivity contribution in [3.05, 3.63) is 40.2 Å². The van der Waals surface area contributed by atoms with Gasteiger partial charge >= 0.3 is 0 Å². The van der Waals surface area contributed by atoms with Gasteiger partial charge in [-0.2, -0.15) is 12.6 Å². The van der Waals surface area contributed by atoms with Crippen LogP contribution in [-0.4, -0.2) is 59.3 Å². The molecule has 1 saturated heterocycles. The first-order valence-corrected chi connectivity index (χ1v) is 10.6. The molecule has 0 unspecified atom stereocenters. The number of halogens is 1. The smallest absolute Gasteiger partial charge is 0.294 e. The largest absolute Gasteiger partial charge is 0.482 e. The SMILES string of the molecule is Cc1cc(C(=O)Nc2cc(Br)ccc2OCC(=O)NC2CN(C(=O)CCS)C2)on1. The maximum atomic E-state index is 12.3. The summed E-state index contributed by atoms with van der Waals surface area (Å²) in [5, 5.41) is 9.19. The van der Waals surface area contributed by atoms with E-state index < -0.39 is 5.91 Å². The van der Waals surface area contributed by atoms with Gasteiger partial charge in [0.15, 0.2) is 6.61 Å². The number of hydrogen-bond donors (Lipinski definition) is 3. The summed E-state index contributed by atoms with van der Waals surface area (Å²) in [5.74, 6) is 0.137. The van der Waals surface area contributed by atoms with Gasteiger partial charge in [-0.3, -0.25) is 14.4 Å². The van der Waals surface area contributed by atoms with Crippen LogP contribution in [-0.2, 0) is 9.59 Å². The zero-order chi connectivity index (χ0) is 21.7. The van der Waals surface area contributed by atoms with Gasteiger partial charge in [0, 0.05) is 30.0 Å². The molecule has 0 aliphatic carbocycles. The molecule has 0 radical (unpaired) electrons. The lowest BCUT2D eigenvalue weighted by atomic mass is 10.1. The van der Waals surface area contributed by atoms with E-state index in [0.29, 0.717) is 42.4 Å². The Bertz CT molecular complexity index is 945. The Morgan fingerprint density at radius 1 is 1.33 bits per heavy atom. The summed E-state index contributed by atoms with van der Waals surface area (Å²) in [6, 6.07) is 6.46. The van der Waals surface area contributed by atoms with Crippen molar-refractivity contribution in [1.82, 2.24) is 15.4 Å². The van der Waals surface area contributed by atoms with Crippen LogP contribution in [0.4, 0.5) is 5.69 Å². The van der Waals surface area contributed by atoms with Gasteiger partial charge in [-0.05, 0) is 30.9 Å². The van der Waals surface area contributed by atoms with Crippen molar-refractivity contribution in [3.8, 4) is 5.75 Å². The van der Waals surface area contributed by atoms with Crippen LogP contribution >= 0.6 is 28.6 Å². The van der Waals surface area contributed by atoms with Crippen LogP contribution in [0, 0.1) is 6.92 Å². The van der Waals surface area contributed by atoms with E-state index in [9.17, 15) is 14.4 Å². The van der Waals surface area contributed by atoms with E-state index >= 15 is 0 Å². The fourth-order valence-corrected chi connectivity index (χ4v) is 3.37. The van der Waals surface area contributed by atoms with Gasteiger partial charge in [0.2, 0.25) is 11.7 Å². The fraction of sp³-hybridized carbons (Fsp3) is 0.368. The first-order chi connectivity index (χ1) is 14.4. The molecule has 1 aliphatic heterocycles. The Hall–Kier alpha value is -2.53. The number of benzene rings is 1. The minimum absolute atomic E-state index is 0.0314. The molecular weight excluding hydrogens is 476 g/mol. The Labute approximate surface area is 187 Å². The standard InChI is InChI=1S/C19H21BrN4O5S/c1-11-6-16(29-23-11)19(27)22-14-7-12(20)2-3-15(14)28-10-17(25)21-13-8-24(9-13)18(26)4-5-30/h2-3,6-7,13,30H,4-5,8-10H2,1H3,(H,21,25)(H,22,27). The highest BCUT2D eigenvalue weighted by molar-refractivity contribution is 9.10. The molecule has 2 aromatic rings. The van der Waals surface area contributed by atoms with E-state index in [4.69, 9.17) is 9.26 Å². The maximum absolute atomic E-state index is 12.3. The molecule has 3 rings (SSSR count). The number of carbonyl (C=O) groups is 3. The molecule has 0 atom stereocenters. The fourth-order valence-electron chi connectivity index (χ4n) is 2.82. The minimum atomic E-state index is -0.483. The van der Waals surface area contributed by atoms with E-state index in [1.807, 2.05) is 0 Å². The van der Waals surface area contributed by atoms with Crippen LogP contribution in [0.5, 0.6) is 5.75 Å². The molecule has 3 amide bonds. The van der Waals surface area contributed by atoms with Crippen molar-refractivity contribution in [1.29, 1.82) is 0 Å². The molecule has 1 fully saturated rings. The number of nitrogens with zero attached hydrogens (tertiary/aromatic N) is 2. The number of carbonyl (C=O) groups excluding carboxylic acids is 3. The normalized spacial score (nSPS) is 13.5. The van der Waals surface area contributed by atoms with Gasteiger partial charge in [-0.1, -0.05) is 21.1 Å². The third-order valence-electron chi connectivity index (χ3n) is 4.33. The number of thiol groups is 1. The number of aryl methyl sites for hydroxylation is 1. The molecule has 0 spiro atoms. The molecule has 0 bridgehead atoms. The van der Waals surface area contributed by atoms with Crippen LogP contribution in [0.2, 0.25) is 0 Å². The first-order valence-electron chi connectivity index (χ1n) is 9.20. The number of likely N-dealkylation sites (tertiary alicyclic amines) is 1. The highest BCUT2D eigenvalue weighted by Crippen LogP contribution is 2.29. The topological polar surface area (TPSA) is 114 Å². The van der Waals surface area contributed by atoms with Crippen molar-refractivity contribution >= 4 is 52.0 Å². The molecule has 11 heteroatoms. The average molecular weight is 497 g/mol. The number of ether oxygens (including phenoxy) is 1. The summed E-state index contributed by atoms with van der Waals surface area (Å²) in [6.07, 6.45) is 0.387. The van der Waals surface area contributed by atoms with Crippen molar-refractivity contribution in [2.45, 2.75) is 19.4 Å². The highest BCUT2D eigenvalue weighted by atomic mass is 79.9. The lowest BCUT2D eigenvalue weighted by molar-refractivity contribution is -0.137. The Balaban J connectivity index is 1.52. The zero-order valence-electron chi connectivity index (χ0n) is 16.2. The molecule has 2 N–H and O–H groups in total. The predicted molar refractivity (Wildman–Crippen MR) is 116 cm³/mol. The number of rotatable bonds is 8. The molecule has 1 aromatic heterocycles. The third kappa shape index (κ3) is 5.76. The van der Waals surface area contributed by atoms with Crippen LogP contribution in [0.15, 0.2) is 33.3 Å². The van der Waals surface area contributed by atoms with Gasteiger partial charge in [0.1, 0.15) is 5.75 Å². The van der Waals surface area contributed by atoms with E-state index in [1.165, 1.54) is 6.07 Å². The molecule has 30 heavy (non-hydrogen) atoms. The minimum Gasteiger partial charge on any atom is -0.482 e. The first kappa shape index (κ1) is 22.2. The van der Waals surface area contributed by atoms with Crippen LogP contribution in [0.25, 0.3) is 0 Å². The predicted octanol–water partition coefficient (Wildman–Crippen LogP) is 2.02. The summed E-state index contributed by atoms with van der Waals surface area (Å²) < 4.78 is 11.3. The molecular formula is C19H21BrN4O5S.